The van der Waals surface area contributed by atoms with Crippen molar-refractivity contribution < 1.29 is 4.79 Å². The van der Waals surface area contributed by atoms with Gasteiger partial charge in [0, 0.05) is 32.7 Å². The van der Waals surface area contributed by atoms with Gasteiger partial charge in [0.1, 0.15) is 5.56 Å². The van der Waals surface area contributed by atoms with Crippen molar-refractivity contribution in [3.63, 3.8) is 0 Å². The number of amides is 1. The van der Waals surface area contributed by atoms with Gasteiger partial charge in [-0.15, -0.1) is 22.7 Å². The molecule has 0 aliphatic carbocycles. The lowest BCUT2D eigenvalue weighted by molar-refractivity contribution is 0.102. The highest BCUT2D eigenvalue weighted by atomic mass is 79.9. The molecule has 4 rings (SSSR count). The number of hydrogen-bond donors (Lipinski definition) is 1. The summed E-state index contributed by atoms with van der Waals surface area (Å²) in [6.45, 7) is 1.94. The first-order chi connectivity index (χ1) is 12.5. The lowest BCUT2D eigenvalue weighted by atomic mass is 10.1. The van der Waals surface area contributed by atoms with Crippen molar-refractivity contribution >= 4 is 54.6 Å². The summed E-state index contributed by atoms with van der Waals surface area (Å²) < 4.78 is 2.35. The molecule has 26 heavy (non-hydrogen) atoms. The molecule has 130 valence electrons. The number of hydrogen-bond acceptors (Lipinski definition) is 6. The van der Waals surface area contributed by atoms with Gasteiger partial charge >= 0.3 is 0 Å². The SMILES string of the molecule is Cc1sc(NC(=O)c2cnc3sccn3c2=O)nc1-c1ccc(Br)cc1. The summed E-state index contributed by atoms with van der Waals surface area (Å²) in [7, 11) is 0. The second kappa shape index (κ2) is 6.75. The maximum Gasteiger partial charge on any atom is 0.271 e. The number of carbonyl (C=O) groups excluding carboxylic acids is 1. The molecule has 0 saturated carbocycles. The summed E-state index contributed by atoms with van der Waals surface area (Å²) in [5.74, 6) is -0.515. The summed E-state index contributed by atoms with van der Waals surface area (Å²) in [4.78, 5) is 35.1. The molecule has 0 aliphatic heterocycles. The zero-order chi connectivity index (χ0) is 18.3. The Morgan fingerprint density at radius 3 is 2.81 bits per heavy atom. The van der Waals surface area contributed by atoms with Crippen molar-refractivity contribution in [3.05, 3.63) is 67.3 Å². The van der Waals surface area contributed by atoms with Crippen LogP contribution in [-0.2, 0) is 0 Å². The van der Waals surface area contributed by atoms with Crippen LogP contribution in [0.1, 0.15) is 15.2 Å². The van der Waals surface area contributed by atoms with Gasteiger partial charge in [0.2, 0.25) is 0 Å². The first kappa shape index (κ1) is 17.1. The van der Waals surface area contributed by atoms with E-state index in [1.165, 1.54) is 33.3 Å². The molecule has 0 spiro atoms. The Labute approximate surface area is 164 Å². The fraction of sp³-hybridized carbons (Fsp3) is 0.0588. The van der Waals surface area contributed by atoms with Crippen molar-refractivity contribution in [2.45, 2.75) is 6.92 Å². The van der Waals surface area contributed by atoms with Crippen molar-refractivity contribution in [1.82, 2.24) is 14.4 Å². The minimum absolute atomic E-state index is 0.0149. The molecule has 1 aromatic carbocycles. The van der Waals surface area contributed by atoms with Crippen LogP contribution in [0.4, 0.5) is 5.13 Å². The zero-order valence-electron chi connectivity index (χ0n) is 13.4. The molecule has 0 saturated heterocycles. The Morgan fingerprint density at radius 1 is 1.27 bits per heavy atom. The molecule has 0 fully saturated rings. The summed E-state index contributed by atoms with van der Waals surface area (Å²) in [5, 5.41) is 4.90. The largest absolute Gasteiger partial charge is 0.298 e. The van der Waals surface area contributed by atoms with E-state index in [4.69, 9.17) is 0 Å². The van der Waals surface area contributed by atoms with Crippen LogP contribution in [0.25, 0.3) is 16.2 Å². The maximum absolute atomic E-state index is 12.5. The molecule has 0 atom stereocenters. The molecular weight excluding hydrogens is 436 g/mol. The van der Waals surface area contributed by atoms with Gasteiger partial charge in [0.15, 0.2) is 10.1 Å². The van der Waals surface area contributed by atoms with Gasteiger partial charge in [-0.2, -0.15) is 0 Å². The maximum atomic E-state index is 12.5. The standard InChI is InChI=1S/C17H11BrN4O2S2/c1-9-13(10-2-4-11(18)5-3-10)20-16(26-9)21-14(23)12-8-19-17-22(15(12)24)6-7-25-17/h2-8H,1H3,(H,20,21,23). The zero-order valence-corrected chi connectivity index (χ0v) is 16.6. The first-order valence-electron chi connectivity index (χ1n) is 7.52. The van der Waals surface area contributed by atoms with E-state index in [1.54, 1.807) is 11.6 Å². The predicted octanol–water partition coefficient (Wildman–Crippen LogP) is 4.20. The number of carbonyl (C=O) groups is 1. The summed E-state index contributed by atoms with van der Waals surface area (Å²) in [6.07, 6.45) is 2.91. The highest BCUT2D eigenvalue weighted by Crippen LogP contribution is 2.31. The number of thiazole rings is 2. The minimum atomic E-state index is -0.515. The average molecular weight is 447 g/mol. The van der Waals surface area contributed by atoms with E-state index in [0.29, 0.717) is 10.1 Å². The second-order valence-corrected chi connectivity index (χ2v) is 8.41. The molecule has 0 aliphatic rings. The molecule has 4 aromatic rings. The fourth-order valence-corrected chi connectivity index (χ4v) is 4.24. The molecule has 0 bridgehead atoms. The molecule has 3 heterocycles. The number of fused-ring (bicyclic) bond motifs is 1. The predicted molar refractivity (Wildman–Crippen MR) is 107 cm³/mol. The van der Waals surface area contributed by atoms with Crippen LogP contribution in [0, 0.1) is 6.92 Å². The van der Waals surface area contributed by atoms with Crippen molar-refractivity contribution in [2.24, 2.45) is 0 Å². The number of aryl methyl sites for hydroxylation is 1. The number of halogens is 1. The summed E-state index contributed by atoms with van der Waals surface area (Å²) in [5.41, 5.74) is 1.36. The second-order valence-electron chi connectivity index (χ2n) is 5.42. The number of anilines is 1. The van der Waals surface area contributed by atoms with Gasteiger partial charge in [0.25, 0.3) is 11.5 Å². The fourth-order valence-electron chi connectivity index (χ4n) is 2.47. The number of rotatable bonds is 3. The highest BCUT2D eigenvalue weighted by Gasteiger charge is 2.17. The molecule has 6 nitrogen and oxygen atoms in total. The van der Waals surface area contributed by atoms with Crippen molar-refractivity contribution in [2.75, 3.05) is 5.32 Å². The molecule has 1 N–H and O–H groups in total. The summed E-state index contributed by atoms with van der Waals surface area (Å²) in [6, 6.07) is 7.79. The van der Waals surface area contributed by atoms with Gasteiger partial charge in [-0.05, 0) is 19.1 Å². The van der Waals surface area contributed by atoms with E-state index < -0.39 is 11.5 Å². The highest BCUT2D eigenvalue weighted by molar-refractivity contribution is 9.10. The van der Waals surface area contributed by atoms with Gasteiger partial charge in [-0.1, -0.05) is 28.1 Å². The van der Waals surface area contributed by atoms with Gasteiger partial charge in [-0.25, -0.2) is 9.97 Å². The molecular formula is C17H11BrN4O2S2. The van der Waals surface area contributed by atoms with Gasteiger partial charge < -0.3 is 0 Å². The van der Waals surface area contributed by atoms with Crippen LogP contribution >= 0.6 is 38.6 Å². The van der Waals surface area contributed by atoms with Crippen LogP contribution in [0.3, 0.4) is 0 Å². The van der Waals surface area contributed by atoms with Crippen molar-refractivity contribution in [3.8, 4) is 11.3 Å². The number of aromatic nitrogens is 3. The Hall–Kier alpha value is -2.36. The normalized spacial score (nSPS) is 11.0. The van der Waals surface area contributed by atoms with Crippen LogP contribution in [0.5, 0.6) is 0 Å². The Bertz CT molecular complexity index is 1180. The molecule has 3 aromatic heterocycles. The van der Waals surface area contributed by atoms with Crippen LogP contribution < -0.4 is 10.9 Å². The third-order valence-corrected chi connectivity index (χ3v) is 5.91. The molecule has 9 heteroatoms. The van der Waals surface area contributed by atoms with E-state index in [9.17, 15) is 9.59 Å². The number of benzene rings is 1. The van der Waals surface area contributed by atoms with Crippen LogP contribution in [0.15, 0.2) is 51.3 Å². The van der Waals surface area contributed by atoms with E-state index in [1.807, 2.05) is 31.2 Å². The number of nitrogens with zero attached hydrogens (tertiary/aromatic N) is 3. The van der Waals surface area contributed by atoms with Gasteiger partial charge in [0.05, 0.1) is 5.69 Å². The monoisotopic (exact) mass is 446 g/mol. The Kier molecular flexibility index (Phi) is 4.43. The summed E-state index contributed by atoms with van der Waals surface area (Å²) >= 11 is 6.11. The molecule has 0 radical (unpaired) electrons. The molecule has 0 unspecified atom stereocenters. The molecule has 1 amide bonds. The third-order valence-electron chi connectivity index (χ3n) is 3.72. The third kappa shape index (κ3) is 3.09. The lowest BCUT2D eigenvalue weighted by Crippen LogP contribution is -2.25. The van der Waals surface area contributed by atoms with Crippen LogP contribution in [-0.4, -0.2) is 20.3 Å². The van der Waals surface area contributed by atoms with Crippen molar-refractivity contribution in [1.29, 1.82) is 0 Å². The smallest absolute Gasteiger partial charge is 0.271 e. The Balaban J connectivity index is 1.63. The number of nitrogens with one attached hydrogen (secondary N) is 1. The quantitative estimate of drug-likeness (QED) is 0.511. The average Bonchev–Trinajstić information content (AvgIpc) is 3.23. The van der Waals surface area contributed by atoms with E-state index in [2.05, 4.69) is 31.2 Å². The van der Waals surface area contributed by atoms with E-state index >= 15 is 0 Å². The lowest BCUT2D eigenvalue weighted by Gasteiger charge is -2.01. The minimum Gasteiger partial charge on any atom is -0.298 e. The van der Waals surface area contributed by atoms with Gasteiger partial charge in [-0.3, -0.25) is 19.3 Å². The first-order valence-corrected chi connectivity index (χ1v) is 10.0. The Morgan fingerprint density at radius 2 is 2.04 bits per heavy atom. The van der Waals surface area contributed by atoms with Crippen LogP contribution in [0.2, 0.25) is 0 Å². The van der Waals surface area contributed by atoms with E-state index in [-0.39, 0.29) is 5.56 Å². The van der Waals surface area contributed by atoms with E-state index in [0.717, 1.165) is 20.6 Å². The topological polar surface area (TPSA) is 76.4 Å².